The molecule has 1 N–H and O–H groups in total. The molecule has 4 heteroatoms. The predicted octanol–water partition coefficient (Wildman–Crippen LogP) is 3.73. The van der Waals surface area contributed by atoms with E-state index < -0.39 is 6.10 Å². The quantitative estimate of drug-likeness (QED) is 0.935. The van der Waals surface area contributed by atoms with Crippen LogP contribution in [0, 0.1) is 0 Å². The highest BCUT2D eigenvalue weighted by atomic mass is 79.9. The first-order valence-electron chi connectivity index (χ1n) is 5.77. The van der Waals surface area contributed by atoms with Crippen LogP contribution in [-0.4, -0.2) is 12.2 Å². The Bertz CT molecular complexity index is 509. The molecular weight excluding hydrogens is 294 g/mol. The van der Waals surface area contributed by atoms with Crippen LogP contribution in [0.25, 0.3) is 0 Å². The Morgan fingerprint density at radius 3 is 2.72 bits per heavy atom. The Morgan fingerprint density at radius 1 is 1.39 bits per heavy atom. The standard InChI is InChI=1S/C14H16BrNO2/c1-10(17)13-4-3-12(7-14(13)15)16(2)8-11-5-6-18-9-11/h3-7,9-10,17H,8H2,1-2H3. The highest BCUT2D eigenvalue weighted by Gasteiger charge is 2.09. The zero-order valence-corrected chi connectivity index (χ0v) is 12.0. The van der Waals surface area contributed by atoms with Gasteiger partial charge in [-0.25, -0.2) is 0 Å². The number of halogens is 1. The first kappa shape index (κ1) is 13.2. The monoisotopic (exact) mass is 309 g/mol. The second-order valence-corrected chi connectivity index (χ2v) is 5.22. The van der Waals surface area contributed by atoms with E-state index in [9.17, 15) is 5.11 Å². The second kappa shape index (κ2) is 5.59. The zero-order chi connectivity index (χ0) is 13.1. The van der Waals surface area contributed by atoms with E-state index in [1.165, 1.54) is 0 Å². The van der Waals surface area contributed by atoms with Crippen LogP contribution in [0.1, 0.15) is 24.2 Å². The van der Waals surface area contributed by atoms with E-state index >= 15 is 0 Å². The molecule has 2 aromatic rings. The van der Waals surface area contributed by atoms with Gasteiger partial charge in [0, 0.05) is 29.3 Å². The van der Waals surface area contributed by atoms with E-state index in [0.29, 0.717) is 0 Å². The summed E-state index contributed by atoms with van der Waals surface area (Å²) in [5.74, 6) is 0. The normalized spacial score (nSPS) is 12.4. The van der Waals surface area contributed by atoms with Crippen LogP contribution in [0.4, 0.5) is 5.69 Å². The molecule has 3 nitrogen and oxygen atoms in total. The predicted molar refractivity (Wildman–Crippen MR) is 75.6 cm³/mol. The Morgan fingerprint density at radius 2 is 2.17 bits per heavy atom. The van der Waals surface area contributed by atoms with Gasteiger partial charge in [0.05, 0.1) is 18.6 Å². The molecule has 0 spiro atoms. The first-order valence-corrected chi connectivity index (χ1v) is 6.57. The highest BCUT2D eigenvalue weighted by Crippen LogP contribution is 2.28. The van der Waals surface area contributed by atoms with E-state index in [1.54, 1.807) is 19.5 Å². The van der Waals surface area contributed by atoms with Crippen molar-refractivity contribution < 1.29 is 9.52 Å². The minimum absolute atomic E-state index is 0.465. The smallest absolute Gasteiger partial charge is 0.0952 e. The van der Waals surface area contributed by atoms with E-state index in [-0.39, 0.29) is 0 Å². The van der Waals surface area contributed by atoms with Crippen LogP contribution in [0.5, 0.6) is 0 Å². The fraction of sp³-hybridized carbons (Fsp3) is 0.286. The van der Waals surface area contributed by atoms with Crippen LogP contribution in [-0.2, 0) is 6.54 Å². The molecule has 0 aliphatic rings. The van der Waals surface area contributed by atoms with Gasteiger partial charge < -0.3 is 14.4 Å². The summed E-state index contributed by atoms with van der Waals surface area (Å²) in [6.45, 7) is 2.55. The van der Waals surface area contributed by atoms with Crippen molar-refractivity contribution in [3.8, 4) is 0 Å². The van der Waals surface area contributed by atoms with Gasteiger partial charge in [0.2, 0.25) is 0 Å². The van der Waals surface area contributed by atoms with Gasteiger partial charge in [-0.1, -0.05) is 22.0 Å². The van der Waals surface area contributed by atoms with Gasteiger partial charge in [0.15, 0.2) is 0 Å². The fourth-order valence-electron chi connectivity index (χ4n) is 1.84. The van der Waals surface area contributed by atoms with E-state index in [1.807, 2.05) is 31.3 Å². The number of hydrogen-bond donors (Lipinski definition) is 1. The molecule has 0 saturated carbocycles. The maximum atomic E-state index is 9.59. The number of benzene rings is 1. The summed E-state index contributed by atoms with van der Waals surface area (Å²) in [7, 11) is 2.02. The molecule has 0 fully saturated rings. The van der Waals surface area contributed by atoms with Crippen LogP contribution >= 0.6 is 15.9 Å². The number of rotatable bonds is 4. The molecule has 0 radical (unpaired) electrons. The van der Waals surface area contributed by atoms with Gasteiger partial charge in [-0.05, 0) is 30.7 Å². The number of aliphatic hydroxyl groups is 1. The minimum atomic E-state index is -0.465. The molecule has 1 aromatic heterocycles. The number of furan rings is 1. The molecule has 1 heterocycles. The molecule has 0 amide bonds. The van der Waals surface area contributed by atoms with Gasteiger partial charge in [0.25, 0.3) is 0 Å². The lowest BCUT2D eigenvalue weighted by molar-refractivity contribution is 0.198. The molecule has 0 aliphatic heterocycles. The Balaban J connectivity index is 2.16. The van der Waals surface area contributed by atoms with Crippen molar-refractivity contribution in [2.45, 2.75) is 19.6 Å². The average molecular weight is 310 g/mol. The summed E-state index contributed by atoms with van der Waals surface area (Å²) in [6.07, 6.45) is 2.96. The Kier molecular flexibility index (Phi) is 4.09. The van der Waals surface area contributed by atoms with E-state index in [0.717, 1.165) is 27.8 Å². The number of aliphatic hydroxyl groups excluding tert-OH is 1. The summed E-state index contributed by atoms with van der Waals surface area (Å²) in [4.78, 5) is 2.13. The van der Waals surface area contributed by atoms with Crippen molar-refractivity contribution in [2.24, 2.45) is 0 Å². The summed E-state index contributed by atoms with van der Waals surface area (Å²) in [6, 6.07) is 7.92. The lowest BCUT2D eigenvalue weighted by atomic mass is 10.1. The maximum Gasteiger partial charge on any atom is 0.0952 e. The molecule has 18 heavy (non-hydrogen) atoms. The van der Waals surface area contributed by atoms with Crippen molar-refractivity contribution in [1.29, 1.82) is 0 Å². The lowest BCUT2D eigenvalue weighted by Crippen LogP contribution is -2.16. The zero-order valence-electron chi connectivity index (χ0n) is 10.4. The van der Waals surface area contributed by atoms with Crippen LogP contribution in [0.2, 0.25) is 0 Å². The SMILES string of the molecule is CC(O)c1ccc(N(C)Cc2ccoc2)cc1Br. The third-order valence-corrected chi connectivity index (χ3v) is 3.56. The molecule has 1 aromatic carbocycles. The Hall–Kier alpha value is -1.26. The van der Waals surface area contributed by atoms with Gasteiger partial charge in [0.1, 0.15) is 0 Å². The molecule has 0 bridgehead atoms. The third-order valence-electron chi connectivity index (χ3n) is 2.87. The van der Waals surface area contributed by atoms with Gasteiger partial charge >= 0.3 is 0 Å². The van der Waals surface area contributed by atoms with Crippen molar-refractivity contribution in [3.05, 3.63) is 52.4 Å². The highest BCUT2D eigenvalue weighted by molar-refractivity contribution is 9.10. The Labute approximate surface area is 115 Å². The van der Waals surface area contributed by atoms with Gasteiger partial charge in [-0.3, -0.25) is 0 Å². The molecule has 1 unspecified atom stereocenters. The number of nitrogens with zero attached hydrogens (tertiary/aromatic N) is 1. The molecule has 1 atom stereocenters. The van der Waals surface area contributed by atoms with E-state index in [4.69, 9.17) is 4.42 Å². The summed E-state index contributed by atoms with van der Waals surface area (Å²) in [5.41, 5.74) is 3.12. The van der Waals surface area contributed by atoms with Crippen LogP contribution in [0.3, 0.4) is 0 Å². The summed E-state index contributed by atoms with van der Waals surface area (Å²) >= 11 is 3.49. The van der Waals surface area contributed by atoms with Gasteiger partial charge in [-0.15, -0.1) is 0 Å². The topological polar surface area (TPSA) is 36.6 Å². The van der Waals surface area contributed by atoms with Crippen molar-refractivity contribution >= 4 is 21.6 Å². The molecule has 0 saturated heterocycles. The third kappa shape index (κ3) is 2.94. The fourth-order valence-corrected chi connectivity index (χ4v) is 2.54. The molecule has 0 aliphatic carbocycles. The van der Waals surface area contributed by atoms with Crippen molar-refractivity contribution in [2.75, 3.05) is 11.9 Å². The lowest BCUT2D eigenvalue weighted by Gasteiger charge is -2.20. The minimum Gasteiger partial charge on any atom is -0.472 e. The van der Waals surface area contributed by atoms with E-state index in [2.05, 4.69) is 20.8 Å². The van der Waals surface area contributed by atoms with Crippen LogP contribution in [0.15, 0.2) is 45.7 Å². The van der Waals surface area contributed by atoms with Crippen LogP contribution < -0.4 is 4.90 Å². The van der Waals surface area contributed by atoms with Gasteiger partial charge in [-0.2, -0.15) is 0 Å². The molecular formula is C14H16BrNO2. The molecule has 2 rings (SSSR count). The largest absolute Gasteiger partial charge is 0.472 e. The summed E-state index contributed by atoms with van der Waals surface area (Å²) in [5, 5.41) is 9.59. The molecule has 96 valence electrons. The van der Waals surface area contributed by atoms with Crippen molar-refractivity contribution in [1.82, 2.24) is 0 Å². The number of hydrogen-bond acceptors (Lipinski definition) is 3. The summed E-state index contributed by atoms with van der Waals surface area (Å²) < 4.78 is 5.98. The number of anilines is 1. The maximum absolute atomic E-state index is 9.59. The first-order chi connectivity index (χ1) is 8.58. The van der Waals surface area contributed by atoms with Crippen molar-refractivity contribution in [3.63, 3.8) is 0 Å². The second-order valence-electron chi connectivity index (χ2n) is 4.37. The average Bonchev–Trinajstić information content (AvgIpc) is 2.81.